The third kappa shape index (κ3) is 4.84. The van der Waals surface area contributed by atoms with Crippen LogP contribution < -0.4 is 10.6 Å². The van der Waals surface area contributed by atoms with Crippen molar-refractivity contribution in [2.75, 3.05) is 31.5 Å². The van der Waals surface area contributed by atoms with Crippen molar-refractivity contribution in [1.29, 1.82) is 0 Å². The molecule has 1 saturated heterocycles. The van der Waals surface area contributed by atoms with Gasteiger partial charge < -0.3 is 15.5 Å². The number of likely N-dealkylation sites (tertiary alicyclic amines) is 1. The molecule has 5 heteroatoms. The maximum Gasteiger partial charge on any atom is 0.238 e. The van der Waals surface area contributed by atoms with E-state index in [1.54, 1.807) is 0 Å². The summed E-state index contributed by atoms with van der Waals surface area (Å²) in [5, 5.41) is 6.04. The molecule has 2 amide bonds. The van der Waals surface area contributed by atoms with Gasteiger partial charge in [-0.3, -0.25) is 9.59 Å². The largest absolute Gasteiger partial charge is 0.343 e. The second kappa shape index (κ2) is 7.94. The summed E-state index contributed by atoms with van der Waals surface area (Å²) < 4.78 is 0. The topological polar surface area (TPSA) is 61.4 Å². The van der Waals surface area contributed by atoms with Crippen LogP contribution in [-0.2, 0) is 9.59 Å². The van der Waals surface area contributed by atoms with Crippen LogP contribution in [0.1, 0.15) is 30.4 Å². The quantitative estimate of drug-likeness (QED) is 0.756. The van der Waals surface area contributed by atoms with Crippen LogP contribution in [-0.4, -0.2) is 42.9 Å². The molecule has 0 spiro atoms. The van der Waals surface area contributed by atoms with E-state index in [1.807, 2.05) is 30.9 Å². The van der Waals surface area contributed by atoms with Crippen molar-refractivity contribution in [2.24, 2.45) is 0 Å². The van der Waals surface area contributed by atoms with Crippen LogP contribution in [0.15, 0.2) is 18.2 Å². The summed E-state index contributed by atoms with van der Waals surface area (Å²) in [7, 11) is 0. The van der Waals surface area contributed by atoms with Gasteiger partial charge in [-0.05, 0) is 44.9 Å². The van der Waals surface area contributed by atoms with Crippen LogP contribution in [0, 0.1) is 13.8 Å². The van der Waals surface area contributed by atoms with Crippen LogP contribution >= 0.6 is 0 Å². The number of anilines is 1. The Morgan fingerprint density at radius 2 is 2.14 bits per heavy atom. The number of nitrogens with zero attached hydrogens (tertiary/aromatic N) is 1. The van der Waals surface area contributed by atoms with E-state index >= 15 is 0 Å². The van der Waals surface area contributed by atoms with E-state index in [-0.39, 0.29) is 11.8 Å². The smallest absolute Gasteiger partial charge is 0.238 e. The lowest BCUT2D eigenvalue weighted by atomic mass is 10.1. The van der Waals surface area contributed by atoms with Gasteiger partial charge in [0.25, 0.3) is 0 Å². The molecular weight excluding hydrogens is 278 g/mol. The van der Waals surface area contributed by atoms with Crippen LogP contribution in [0.4, 0.5) is 5.69 Å². The van der Waals surface area contributed by atoms with Gasteiger partial charge in [0.15, 0.2) is 0 Å². The van der Waals surface area contributed by atoms with Gasteiger partial charge in [0.1, 0.15) is 0 Å². The van der Waals surface area contributed by atoms with Crippen LogP contribution in [0.5, 0.6) is 0 Å². The molecule has 0 atom stereocenters. The average molecular weight is 303 g/mol. The van der Waals surface area contributed by atoms with Crippen molar-refractivity contribution in [1.82, 2.24) is 10.2 Å². The molecule has 0 unspecified atom stereocenters. The molecule has 0 aromatic heterocycles. The minimum absolute atomic E-state index is 0.0378. The van der Waals surface area contributed by atoms with Gasteiger partial charge in [-0.15, -0.1) is 0 Å². The monoisotopic (exact) mass is 303 g/mol. The lowest BCUT2D eigenvalue weighted by Crippen LogP contribution is -2.32. The van der Waals surface area contributed by atoms with Gasteiger partial charge in [0, 0.05) is 25.2 Å². The van der Waals surface area contributed by atoms with Crippen molar-refractivity contribution in [3.05, 3.63) is 29.3 Å². The lowest BCUT2D eigenvalue weighted by molar-refractivity contribution is -0.127. The Labute approximate surface area is 132 Å². The van der Waals surface area contributed by atoms with Crippen molar-refractivity contribution < 1.29 is 9.59 Å². The molecule has 2 N–H and O–H groups in total. The highest BCUT2D eigenvalue weighted by Crippen LogP contribution is 2.15. The molecule has 1 aliphatic rings. The number of rotatable bonds is 7. The lowest BCUT2D eigenvalue weighted by Gasteiger charge is -2.15. The molecule has 2 rings (SSSR count). The fourth-order valence-corrected chi connectivity index (χ4v) is 2.69. The molecule has 0 bridgehead atoms. The first-order valence-electron chi connectivity index (χ1n) is 7.92. The number of carbonyl (C=O) groups is 2. The van der Waals surface area contributed by atoms with E-state index in [2.05, 4.69) is 16.7 Å². The van der Waals surface area contributed by atoms with Gasteiger partial charge in [0.2, 0.25) is 11.8 Å². The van der Waals surface area contributed by atoms with Crippen molar-refractivity contribution in [2.45, 2.75) is 33.1 Å². The Morgan fingerprint density at radius 3 is 2.82 bits per heavy atom. The number of benzene rings is 1. The van der Waals surface area contributed by atoms with Gasteiger partial charge in [-0.1, -0.05) is 17.7 Å². The summed E-state index contributed by atoms with van der Waals surface area (Å²) in [5.41, 5.74) is 3.12. The average Bonchev–Trinajstić information content (AvgIpc) is 2.87. The molecular formula is C17H25N3O2. The van der Waals surface area contributed by atoms with E-state index in [9.17, 15) is 9.59 Å². The SMILES string of the molecule is Cc1ccc(NC(=O)CNCCCN2CCCC2=O)c(C)c1. The molecule has 5 nitrogen and oxygen atoms in total. The first-order valence-corrected chi connectivity index (χ1v) is 7.92. The molecule has 1 heterocycles. The maximum atomic E-state index is 11.9. The standard InChI is InChI=1S/C17H25N3O2/c1-13-6-7-15(14(2)11-13)19-16(21)12-18-8-4-10-20-9-3-5-17(20)22/h6-7,11,18H,3-5,8-10,12H2,1-2H3,(H,19,21). The molecule has 0 saturated carbocycles. The highest BCUT2D eigenvalue weighted by atomic mass is 16.2. The Morgan fingerprint density at radius 1 is 1.32 bits per heavy atom. The zero-order valence-corrected chi connectivity index (χ0v) is 13.4. The Balaban J connectivity index is 1.62. The first-order chi connectivity index (χ1) is 10.6. The summed E-state index contributed by atoms with van der Waals surface area (Å²) in [6, 6.07) is 5.97. The van der Waals surface area contributed by atoms with E-state index < -0.39 is 0 Å². The second-order valence-electron chi connectivity index (χ2n) is 5.88. The number of carbonyl (C=O) groups excluding carboxylic acids is 2. The van der Waals surface area contributed by atoms with Gasteiger partial charge in [-0.25, -0.2) is 0 Å². The number of hydrogen-bond donors (Lipinski definition) is 2. The van der Waals surface area contributed by atoms with Gasteiger partial charge >= 0.3 is 0 Å². The summed E-state index contributed by atoms with van der Waals surface area (Å²) in [4.78, 5) is 25.2. The Hall–Kier alpha value is -1.88. The molecule has 0 radical (unpaired) electrons. The fourth-order valence-electron chi connectivity index (χ4n) is 2.69. The minimum atomic E-state index is -0.0378. The summed E-state index contributed by atoms with van der Waals surface area (Å²) in [6.45, 7) is 6.72. The maximum absolute atomic E-state index is 11.9. The fraction of sp³-hybridized carbons (Fsp3) is 0.529. The second-order valence-corrected chi connectivity index (χ2v) is 5.88. The molecule has 1 aliphatic heterocycles. The number of amides is 2. The van der Waals surface area contributed by atoms with Gasteiger partial charge in [-0.2, -0.15) is 0 Å². The molecule has 22 heavy (non-hydrogen) atoms. The van der Waals surface area contributed by atoms with E-state index in [0.717, 1.165) is 43.7 Å². The molecule has 1 fully saturated rings. The Bertz CT molecular complexity index is 543. The highest BCUT2D eigenvalue weighted by molar-refractivity contribution is 5.92. The predicted molar refractivity (Wildman–Crippen MR) is 87.8 cm³/mol. The molecule has 1 aromatic rings. The van der Waals surface area contributed by atoms with E-state index in [1.165, 1.54) is 5.56 Å². The minimum Gasteiger partial charge on any atom is -0.343 e. The predicted octanol–water partition coefficient (Wildman–Crippen LogP) is 1.84. The summed E-state index contributed by atoms with van der Waals surface area (Å²) in [6.07, 6.45) is 2.54. The third-order valence-electron chi connectivity index (χ3n) is 3.89. The van der Waals surface area contributed by atoms with Crippen LogP contribution in [0.25, 0.3) is 0 Å². The zero-order valence-electron chi connectivity index (χ0n) is 13.4. The van der Waals surface area contributed by atoms with Crippen molar-refractivity contribution >= 4 is 17.5 Å². The zero-order chi connectivity index (χ0) is 15.9. The number of hydrogen-bond acceptors (Lipinski definition) is 3. The van der Waals surface area contributed by atoms with E-state index in [0.29, 0.717) is 13.0 Å². The summed E-state index contributed by atoms with van der Waals surface area (Å²) >= 11 is 0. The number of nitrogens with one attached hydrogen (secondary N) is 2. The normalized spacial score (nSPS) is 14.5. The van der Waals surface area contributed by atoms with Crippen LogP contribution in [0.3, 0.4) is 0 Å². The van der Waals surface area contributed by atoms with Gasteiger partial charge in [0.05, 0.1) is 6.54 Å². The third-order valence-corrected chi connectivity index (χ3v) is 3.89. The van der Waals surface area contributed by atoms with Crippen LogP contribution in [0.2, 0.25) is 0 Å². The summed E-state index contributed by atoms with van der Waals surface area (Å²) in [5.74, 6) is 0.219. The van der Waals surface area contributed by atoms with Crippen molar-refractivity contribution in [3.63, 3.8) is 0 Å². The Kier molecular flexibility index (Phi) is 5.95. The van der Waals surface area contributed by atoms with E-state index in [4.69, 9.17) is 0 Å². The number of aryl methyl sites for hydroxylation is 2. The molecule has 1 aromatic carbocycles. The highest BCUT2D eigenvalue weighted by Gasteiger charge is 2.18. The molecule has 0 aliphatic carbocycles. The van der Waals surface area contributed by atoms with Crippen molar-refractivity contribution in [3.8, 4) is 0 Å². The first kappa shape index (κ1) is 16.5. The molecule has 120 valence electrons.